The Morgan fingerprint density at radius 2 is 1.76 bits per heavy atom. The fourth-order valence-electron chi connectivity index (χ4n) is 3.15. The molecule has 4 aromatic rings. The van der Waals surface area contributed by atoms with E-state index in [1.54, 1.807) is 11.4 Å². The van der Waals surface area contributed by atoms with Crippen molar-refractivity contribution in [3.05, 3.63) is 106 Å². The van der Waals surface area contributed by atoms with Crippen molar-refractivity contribution in [1.82, 2.24) is 10.3 Å². The highest BCUT2D eigenvalue weighted by atomic mass is 35.5. The van der Waals surface area contributed by atoms with Gasteiger partial charge in [0.05, 0.1) is 5.56 Å². The van der Waals surface area contributed by atoms with Crippen LogP contribution >= 0.6 is 22.9 Å². The molecule has 4 rings (SSSR count). The van der Waals surface area contributed by atoms with E-state index in [1.807, 2.05) is 42.5 Å². The van der Waals surface area contributed by atoms with Crippen molar-refractivity contribution in [2.75, 3.05) is 0 Å². The number of alkyl halides is 3. The van der Waals surface area contributed by atoms with Gasteiger partial charge in [-0.1, -0.05) is 48.0 Å². The van der Waals surface area contributed by atoms with Crippen molar-refractivity contribution in [3.63, 3.8) is 0 Å². The molecule has 1 aromatic heterocycles. The van der Waals surface area contributed by atoms with Crippen LogP contribution in [0.15, 0.2) is 78.2 Å². The van der Waals surface area contributed by atoms with Crippen molar-refractivity contribution in [3.8, 4) is 16.3 Å². The van der Waals surface area contributed by atoms with E-state index < -0.39 is 17.6 Å². The average Bonchev–Trinajstić information content (AvgIpc) is 3.32. The molecule has 0 spiro atoms. The Kier molecular flexibility index (Phi) is 7.19. The Bertz CT molecular complexity index is 1310. The second kappa shape index (κ2) is 10.3. The van der Waals surface area contributed by atoms with Gasteiger partial charge in [0.2, 0.25) is 0 Å². The van der Waals surface area contributed by atoms with Crippen LogP contribution in [0.3, 0.4) is 0 Å². The van der Waals surface area contributed by atoms with E-state index in [0.717, 1.165) is 23.3 Å². The minimum Gasteiger partial charge on any atom is -0.489 e. The summed E-state index contributed by atoms with van der Waals surface area (Å²) in [6.07, 6.45) is -4.43. The minimum absolute atomic E-state index is 0.0392. The molecule has 0 fully saturated rings. The second-order valence-electron chi connectivity index (χ2n) is 7.37. The third kappa shape index (κ3) is 6.15. The Hall–Kier alpha value is -3.36. The summed E-state index contributed by atoms with van der Waals surface area (Å²) in [7, 11) is 0. The average molecular weight is 503 g/mol. The summed E-state index contributed by atoms with van der Waals surface area (Å²) in [5, 5.41) is 5.48. The predicted molar refractivity (Wildman–Crippen MR) is 126 cm³/mol. The maximum absolute atomic E-state index is 12.9. The molecular formula is C25H18ClF3N2O2S. The highest BCUT2D eigenvalue weighted by molar-refractivity contribution is 7.13. The molecule has 1 heterocycles. The Morgan fingerprint density at radius 3 is 2.56 bits per heavy atom. The van der Waals surface area contributed by atoms with Crippen LogP contribution in [0.1, 0.15) is 27.2 Å². The molecule has 9 heteroatoms. The van der Waals surface area contributed by atoms with Gasteiger partial charge < -0.3 is 10.1 Å². The molecule has 34 heavy (non-hydrogen) atoms. The number of benzene rings is 3. The zero-order valence-electron chi connectivity index (χ0n) is 17.6. The number of nitrogens with zero attached hydrogens (tertiary/aromatic N) is 1. The van der Waals surface area contributed by atoms with E-state index in [9.17, 15) is 18.0 Å². The van der Waals surface area contributed by atoms with Crippen LogP contribution in [0.4, 0.5) is 13.2 Å². The molecule has 0 unspecified atom stereocenters. The largest absolute Gasteiger partial charge is 0.489 e. The summed E-state index contributed by atoms with van der Waals surface area (Å²) >= 11 is 7.29. The van der Waals surface area contributed by atoms with Gasteiger partial charge in [-0.3, -0.25) is 4.79 Å². The maximum atomic E-state index is 12.9. The molecule has 0 saturated heterocycles. The Balaban J connectivity index is 1.39. The van der Waals surface area contributed by atoms with Crippen molar-refractivity contribution < 1.29 is 22.7 Å². The highest BCUT2D eigenvalue weighted by Gasteiger charge is 2.30. The van der Waals surface area contributed by atoms with Gasteiger partial charge in [-0.2, -0.15) is 13.2 Å². The lowest BCUT2D eigenvalue weighted by Crippen LogP contribution is -2.23. The third-order valence-corrected chi connectivity index (χ3v) is 5.95. The molecule has 4 nitrogen and oxygen atoms in total. The number of carbonyl (C=O) groups is 1. The van der Waals surface area contributed by atoms with Gasteiger partial charge in [0, 0.05) is 22.5 Å². The predicted octanol–water partition coefficient (Wildman–Crippen LogP) is 6.99. The normalized spacial score (nSPS) is 11.3. The number of nitrogens with one attached hydrogen (secondary N) is 1. The van der Waals surface area contributed by atoms with Crippen LogP contribution in [-0.4, -0.2) is 10.9 Å². The van der Waals surface area contributed by atoms with Crippen LogP contribution in [0.2, 0.25) is 5.02 Å². The molecule has 0 aliphatic rings. The topological polar surface area (TPSA) is 51.2 Å². The van der Waals surface area contributed by atoms with Crippen LogP contribution in [-0.2, 0) is 19.3 Å². The number of aromatic nitrogens is 1. The van der Waals surface area contributed by atoms with E-state index in [-0.39, 0.29) is 12.2 Å². The zero-order valence-corrected chi connectivity index (χ0v) is 19.2. The molecule has 0 radical (unpaired) electrons. The maximum Gasteiger partial charge on any atom is 0.416 e. The third-order valence-electron chi connectivity index (χ3n) is 4.82. The van der Waals surface area contributed by atoms with Crippen molar-refractivity contribution in [1.29, 1.82) is 0 Å². The first kappa shape index (κ1) is 23.8. The number of hydrogen-bond donors (Lipinski definition) is 1. The monoisotopic (exact) mass is 502 g/mol. The van der Waals surface area contributed by atoms with Gasteiger partial charge in [0.1, 0.15) is 23.1 Å². The zero-order chi connectivity index (χ0) is 24.1. The van der Waals surface area contributed by atoms with Gasteiger partial charge >= 0.3 is 6.18 Å². The molecule has 1 amide bonds. The summed E-state index contributed by atoms with van der Waals surface area (Å²) in [5.74, 6) is 0.177. The van der Waals surface area contributed by atoms with Crippen LogP contribution in [0.5, 0.6) is 5.75 Å². The molecule has 3 aromatic carbocycles. The molecule has 174 valence electrons. The molecule has 0 saturated carbocycles. The minimum atomic E-state index is -4.43. The summed E-state index contributed by atoms with van der Waals surface area (Å²) in [5.41, 5.74) is 1.51. The fourth-order valence-corrected chi connectivity index (χ4v) is 4.16. The lowest BCUT2D eigenvalue weighted by atomic mass is 10.1. The highest BCUT2D eigenvalue weighted by Crippen LogP contribution is 2.30. The number of ether oxygens (including phenoxy) is 1. The number of carbonyl (C=O) groups excluding carboxylic acids is 1. The number of hydrogen-bond acceptors (Lipinski definition) is 4. The first-order valence-electron chi connectivity index (χ1n) is 10.2. The van der Waals surface area contributed by atoms with Gasteiger partial charge in [-0.15, -0.1) is 11.3 Å². The Labute approximate surface area is 203 Å². The van der Waals surface area contributed by atoms with Crippen LogP contribution in [0.25, 0.3) is 10.6 Å². The number of thiazole rings is 1. The lowest BCUT2D eigenvalue weighted by molar-refractivity contribution is -0.137. The first-order valence-corrected chi connectivity index (χ1v) is 11.4. The molecule has 1 N–H and O–H groups in total. The number of rotatable bonds is 7. The quantitative estimate of drug-likeness (QED) is 0.296. The van der Waals surface area contributed by atoms with Crippen molar-refractivity contribution in [2.45, 2.75) is 19.3 Å². The fraction of sp³-hybridized carbons (Fsp3) is 0.120. The van der Waals surface area contributed by atoms with Gasteiger partial charge in [-0.25, -0.2) is 4.98 Å². The molecule has 0 bridgehead atoms. The van der Waals surface area contributed by atoms with Gasteiger partial charge in [0.15, 0.2) is 0 Å². The second-order valence-corrected chi connectivity index (χ2v) is 8.66. The first-order chi connectivity index (χ1) is 16.3. The van der Waals surface area contributed by atoms with E-state index in [2.05, 4.69) is 10.3 Å². The Morgan fingerprint density at radius 1 is 1.00 bits per heavy atom. The lowest BCUT2D eigenvalue weighted by Gasteiger charge is -2.09. The van der Waals surface area contributed by atoms with Crippen LogP contribution < -0.4 is 10.1 Å². The van der Waals surface area contributed by atoms with Gasteiger partial charge in [0.25, 0.3) is 5.91 Å². The van der Waals surface area contributed by atoms with E-state index >= 15 is 0 Å². The molecule has 0 aliphatic carbocycles. The number of halogens is 4. The summed E-state index contributed by atoms with van der Waals surface area (Å²) in [6.45, 7) is 0.313. The summed E-state index contributed by atoms with van der Waals surface area (Å²) in [6, 6.07) is 19.6. The van der Waals surface area contributed by atoms with Crippen LogP contribution in [0, 0.1) is 0 Å². The standard InChI is InChI=1S/C25H18ClF3N2O2S/c26-20-8-2-5-17(11-20)14-33-21-9-3-6-18(12-21)24-31-22(15-34-24)23(32)30-13-16-4-1-7-19(10-16)25(27,28)29/h1-12,15H,13-14H2,(H,30,32). The van der Waals surface area contributed by atoms with Crippen molar-refractivity contribution >= 4 is 28.8 Å². The number of amides is 1. The van der Waals surface area contributed by atoms with Crippen molar-refractivity contribution in [2.24, 2.45) is 0 Å². The molecule has 0 aliphatic heterocycles. The van der Waals surface area contributed by atoms with E-state index in [1.165, 1.54) is 23.5 Å². The summed E-state index contributed by atoms with van der Waals surface area (Å²) < 4.78 is 44.4. The smallest absolute Gasteiger partial charge is 0.416 e. The SMILES string of the molecule is O=C(NCc1cccc(C(F)(F)F)c1)c1csc(-c2cccc(OCc3cccc(Cl)c3)c2)n1. The van der Waals surface area contributed by atoms with E-state index in [0.29, 0.717) is 28.0 Å². The molecular weight excluding hydrogens is 485 g/mol. The van der Waals surface area contributed by atoms with E-state index in [4.69, 9.17) is 16.3 Å². The van der Waals surface area contributed by atoms with Gasteiger partial charge in [-0.05, 0) is 47.5 Å². The molecule has 0 atom stereocenters. The summed E-state index contributed by atoms with van der Waals surface area (Å²) in [4.78, 5) is 16.8.